The number of ether oxygens (including phenoxy) is 2. The molecule has 9 heteroatoms. The molecule has 0 radical (unpaired) electrons. The van der Waals surface area contributed by atoms with Crippen LogP contribution < -0.4 is 20.7 Å². The molecule has 0 saturated carbocycles. The SMILES string of the molecule is CC(=O)Nc1ccc(NC(=O)NCc2cccc(OCCN3CCOCC3)c2)c(Cl)c1. The number of carbonyl (C=O) groups is 2. The maximum atomic E-state index is 12.2. The van der Waals surface area contributed by atoms with Gasteiger partial charge in [0.25, 0.3) is 0 Å². The molecule has 3 amide bonds. The van der Waals surface area contributed by atoms with Crippen molar-refractivity contribution in [2.45, 2.75) is 13.5 Å². The lowest BCUT2D eigenvalue weighted by atomic mass is 10.2. The number of anilines is 2. The molecule has 1 saturated heterocycles. The van der Waals surface area contributed by atoms with Crippen molar-refractivity contribution < 1.29 is 19.1 Å². The molecule has 3 rings (SSSR count). The van der Waals surface area contributed by atoms with Crippen LogP contribution >= 0.6 is 11.6 Å². The number of hydrogen-bond donors (Lipinski definition) is 3. The molecule has 31 heavy (non-hydrogen) atoms. The number of nitrogens with zero attached hydrogens (tertiary/aromatic N) is 1. The minimum absolute atomic E-state index is 0.193. The largest absolute Gasteiger partial charge is 0.492 e. The second-order valence-electron chi connectivity index (χ2n) is 7.13. The van der Waals surface area contributed by atoms with Gasteiger partial charge in [0.15, 0.2) is 0 Å². The Bertz CT molecular complexity index is 903. The van der Waals surface area contributed by atoms with Crippen LogP contribution in [0.4, 0.5) is 16.2 Å². The zero-order valence-corrected chi connectivity index (χ0v) is 18.2. The monoisotopic (exact) mass is 446 g/mol. The highest BCUT2D eigenvalue weighted by molar-refractivity contribution is 6.34. The Kier molecular flexibility index (Phi) is 8.52. The van der Waals surface area contributed by atoms with Gasteiger partial charge < -0.3 is 25.4 Å². The van der Waals surface area contributed by atoms with E-state index in [-0.39, 0.29) is 11.9 Å². The first-order valence-corrected chi connectivity index (χ1v) is 10.5. The summed E-state index contributed by atoms with van der Waals surface area (Å²) in [4.78, 5) is 25.7. The highest BCUT2D eigenvalue weighted by Crippen LogP contribution is 2.25. The summed E-state index contributed by atoms with van der Waals surface area (Å²) in [6.07, 6.45) is 0. The Hall–Kier alpha value is -2.81. The van der Waals surface area contributed by atoms with Gasteiger partial charge in [-0.2, -0.15) is 0 Å². The van der Waals surface area contributed by atoms with Crippen molar-refractivity contribution in [3.8, 4) is 5.75 Å². The molecule has 0 atom stereocenters. The summed E-state index contributed by atoms with van der Waals surface area (Å²) in [7, 11) is 0. The molecule has 8 nitrogen and oxygen atoms in total. The molecule has 0 aliphatic carbocycles. The summed E-state index contributed by atoms with van der Waals surface area (Å²) < 4.78 is 11.2. The van der Waals surface area contributed by atoms with Gasteiger partial charge in [-0.15, -0.1) is 0 Å². The molecule has 3 N–H and O–H groups in total. The fraction of sp³-hybridized carbons (Fsp3) is 0.364. The number of carbonyl (C=O) groups excluding carboxylic acids is 2. The maximum Gasteiger partial charge on any atom is 0.319 e. The van der Waals surface area contributed by atoms with Crippen molar-refractivity contribution >= 4 is 34.9 Å². The molecule has 1 fully saturated rings. The van der Waals surface area contributed by atoms with Crippen molar-refractivity contribution in [2.75, 3.05) is 50.1 Å². The smallest absolute Gasteiger partial charge is 0.319 e. The maximum absolute atomic E-state index is 12.2. The van der Waals surface area contributed by atoms with E-state index >= 15 is 0 Å². The summed E-state index contributed by atoms with van der Waals surface area (Å²) in [6, 6.07) is 12.1. The zero-order valence-electron chi connectivity index (χ0n) is 17.4. The molecule has 166 valence electrons. The van der Waals surface area contributed by atoms with Crippen LogP contribution in [0.15, 0.2) is 42.5 Å². The Morgan fingerprint density at radius 3 is 2.68 bits per heavy atom. The van der Waals surface area contributed by atoms with Gasteiger partial charge in [-0.3, -0.25) is 9.69 Å². The van der Waals surface area contributed by atoms with Crippen LogP contribution in [0.25, 0.3) is 0 Å². The Labute approximate surface area is 186 Å². The van der Waals surface area contributed by atoms with Gasteiger partial charge in [0, 0.05) is 38.8 Å². The Balaban J connectivity index is 1.44. The fourth-order valence-corrected chi connectivity index (χ4v) is 3.34. The third kappa shape index (κ3) is 7.75. The van der Waals surface area contributed by atoms with E-state index in [4.69, 9.17) is 21.1 Å². The van der Waals surface area contributed by atoms with E-state index in [1.165, 1.54) is 6.92 Å². The van der Waals surface area contributed by atoms with Crippen LogP contribution in [0.1, 0.15) is 12.5 Å². The molecule has 0 spiro atoms. The van der Waals surface area contributed by atoms with E-state index in [9.17, 15) is 9.59 Å². The molecule has 0 bridgehead atoms. The summed E-state index contributed by atoms with van der Waals surface area (Å²) in [5.74, 6) is 0.575. The number of urea groups is 1. The molecule has 1 heterocycles. The standard InChI is InChI=1S/C22H27ClN4O4/c1-16(28)25-18-5-6-21(20(23)14-18)26-22(29)24-15-17-3-2-4-19(13-17)31-12-9-27-7-10-30-11-8-27/h2-6,13-14H,7-12,15H2,1H3,(H,25,28)(H2,24,26,29). The topological polar surface area (TPSA) is 91.9 Å². The second kappa shape index (κ2) is 11.5. The third-order valence-electron chi connectivity index (χ3n) is 4.67. The van der Waals surface area contributed by atoms with Gasteiger partial charge in [0.1, 0.15) is 12.4 Å². The van der Waals surface area contributed by atoms with Crippen molar-refractivity contribution in [3.63, 3.8) is 0 Å². The first kappa shape index (κ1) is 22.9. The van der Waals surface area contributed by atoms with Crippen LogP contribution in [-0.4, -0.2) is 56.3 Å². The van der Waals surface area contributed by atoms with Gasteiger partial charge in [-0.25, -0.2) is 4.79 Å². The van der Waals surface area contributed by atoms with Crippen molar-refractivity contribution in [1.29, 1.82) is 0 Å². The summed E-state index contributed by atoms with van der Waals surface area (Å²) in [5, 5.41) is 8.47. The predicted octanol–water partition coefficient (Wildman–Crippen LogP) is 3.33. The zero-order chi connectivity index (χ0) is 22.1. The first-order chi connectivity index (χ1) is 15.0. The van der Waals surface area contributed by atoms with Crippen molar-refractivity contribution in [3.05, 3.63) is 53.1 Å². The Morgan fingerprint density at radius 1 is 1.13 bits per heavy atom. The van der Waals surface area contributed by atoms with Gasteiger partial charge in [0.2, 0.25) is 5.91 Å². The normalized spacial score (nSPS) is 14.0. The van der Waals surface area contributed by atoms with E-state index in [1.807, 2.05) is 24.3 Å². The lowest BCUT2D eigenvalue weighted by Crippen LogP contribution is -2.38. The quantitative estimate of drug-likeness (QED) is 0.578. The van der Waals surface area contributed by atoms with Gasteiger partial charge in [-0.05, 0) is 35.9 Å². The molecule has 1 aliphatic rings. The number of benzene rings is 2. The van der Waals surface area contributed by atoms with E-state index in [0.29, 0.717) is 29.5 Å². The minimum Gasteiger partial charge on any atom is -0.492 e. The van der Waals surface area contributed by atoms with Crippen molar-refractivity contribution in [2.24, 2.45) is 0 Å². The number of morpholine rings is 1. The van der Waals surface area contributed by atoms with Crippen LogP contribution in [0.2, 0.25) is 5.02 Å². The predicted molar refractivity (Wildman–Crippen MR) is 121 cm³/mol. The number of hydrogen-bond acceptors (Lipinski definition) is 5. The lowest BCUT2D eigenvalue weighted by Gasteiger charge is -2.26. The summed E-state index contributed by atoms with van der Waals surface area (Å²) in [5.41, 5.74) is 1.94. The molecular formula is C22H27ClN4O4. The van der Waals surface area contributed by atoms with E-state index < -0.39 is 0 Å². The fourth-order valence-electron chi connectivity index (χ4n) is 3.11. The van der Waals surface area contributed by atoms with E-state index in [0.717, 1.165) is 44.2 Å². The number of halogens is 1. The molecular weight excluding hydrogens is 420 g/mol. The van der Waals surface area contributed by atoms with Crippen molar-refractivity contribution in [1.82, 2.24) is 10.2 Å². The molecule has 2 aromatic carbocycles. The highest BCUT2D eigenvalue weighted by atomic mass is 35.5. The number of nitrogens with one attached hydrogen (secondary N) is 3. The van der Waals surface area contributed by atoms with E-state index in [2.05, 4.69) is 20.9 Å². The molecule has 2 aromatic rings. The average molecular weight is 447 g/mol. The molecule has 1 aliphatic heterocycles. The average Bonchev–Trinajstić information content (AvgIpc) is 2.75. The Morgan fingerprint density at radius 2 is 1.94 bits per heavy atom. The third-order valence-corrected chi connectivity index (χ3v) is 4.98. The van der Waals surface area contributed by atoms with Gasteiger partial charge in [-0.1, -0.05) is 23.7 Å². The molecule has 0 unspecified atom stereocenters. The first-order valence-electron chi connectivity index (χ1n) is 10.1. The van der Waals surface area contributed by atoms with Crippen LogP contribution in [0.3, 0.4) is 0 Å². The highest BCUT2D eigenvalue weighted by Gasteiger charge is 2.10. The van der Waals surface area contributed by atoms with E-state index in [1.54, 1.807) is 18.2 Å². The summed E-state index contributed by atoms with van der Waals surface area (Å²) in [6.45, 7) is 6.62. The number of amides is 3. The lowest BCUT2D eigenvalue weighted by molar-refractivity contribution is -0.114. The van der Waals surface area contributed by atoms with Crippen LogP contribution in [0.5, 0.6) is 5.75 Å². The second-order valence-corrected chi connectivity index (χ2v) is 7.54. The van der Waals surface area contributed by atoms with Crippen LogP contribution in [-0.2, 0) is 16.1 Å². The number of rotatable bonds is 8. The van der Waals surface area contributed by atoms with Gasteiger partial charge in [0.05, 0.1) is 23.9 Å². The molecule has 0 aromatic heterocycles. The van der Waals surface area contributed by atoms with Gasteiger partial charge >= 0.3 is 6.03 Å². The summed E-state index contributed by atoms with van der Waals surface area (Å²) >= 11 is 6.18. The minimum atomic E-state index is -0.382. The van der Waals surface area contributed by atoms with Crippen LogP contribution in [0, 0.1) is 0 Å².